The summed E-state index contributed by atoms with van der Waals surface area (Å²) >= 11 is 6.05. The maximum absolute atomic E-state index is 6.05. The van der Waals surface area contributed by atoms with Crippen LogP contribution in [0.15, 0.2) is 53.5 Å². The molecule has 1 aliphatic heterocycles. The zero-order valence-electron chi connectivity index (χ0n) is 18.1. The van der Waals surface area contributed by atoms with Gasteiger partial charge in [-0.05, 0) is 55.0 Å². The second kappa shape index (κ2) is 14.7. The zero-order chi connectivity index (χ0) is 21.0. The van der Waals surface area contributed by atoms with E-state index in [1.807, 2.05) is 18.2 Å². The number of guanidine groups is 1. The molecule has 1 heterocycles. The van der Waals surface area contributed by atoms with Crippen molar-refractivity contribution in [2.24, 2.45) is 4.99 Å². The van der Waals surface area contributed by atoms with Crippen molar-refractivity contribution in [3.8, 4) is 0 Å². The van der Waals surface area contributed by atoms with E-state index in [1.54, 1.807) is 0 Å². The van der Waals surface area contributed by atoms with Crippen molar-refractivity contribution in [2.45, 2.75) is 45.4 Å². The van der Waals surface area contributed by atoms with Crippen LogP contribution in [-0.2, 0) is 29.0 Å². The van der Waals surface area contributed by atoms with Crippen LogP contribution in [-0.4, -0.2) is 38.4 Å². The molecule has 170 valence electrons. The predicted molar refractivity (Wildman–Crippen MR) is 138 cm³/mol. The Labute approximate surface area is 208 Å². The lowest BCUT2D eigenvalue weighted by atomic mass is 10.1. The van der Waals surface area contributed by atoms with Crippen LogP contribution in [0.2, 0.25) is 5.02 Å². The molecular weight excluding hydrogens is 525 g/mol. The van der Waals surface area contributed by atoms with Crippen LogP contribution in [0.5, 0.6) is 0 Å². The van der Waals surface area contributed by atoms with Gasteiger partial charge >= 0.3 is 0 Å². The molecule has 31 heavy (non-hydrogen) atoms. The number of rotatable bonds is 9. The highest BCUT2D eigenvalue weighted by Crippen LogP contribution is 2.14. The van der Waals surface area contributed by atoms with Gasteiger partial charge in [0.15, 0.2) is 5.96 Å². The fourth-order valence-electron chi connectivity index (χ4n) is 3.33. The highest BCUT2D eigenvalue weighted by Gasteiger charge is 2.13. The van der Waals surface area contributed by atoms with Crippen LogP contribution < -0.4 is 10.6 Å². The molecule has 1 fully saturated rings. The first-order valence-corrected chi connectivity index (χ1v) is 11.1. The van der Waals surface area contributed by atoms with E-state index in [0.29, 0.717) is 19.3 Å². The first kappa shape index (κ1) is 25.9. The Hall–Kier alpha value is -1.35. The molecule has 7 heteroatoms. The molecule has 0 bridgehead atoms. The van der Waals surface area contributed by atoms with E-state index < -0.39 is 0 Å². The minimum atomic E-state index is 0. The summed E-state index contributed by atoms with van der Waals surface area (Å²) in [5.74, 6) is 0.825. The molecular formula is C24H33ClIN3O2. The summed E-state index contributed by atoms with van der Waals surface area (Å²) in [4.78, 5) is 4.70. The summed E-state index contributed by atoms with van der Waals surface area (Å²) in [7, 11) is 0. The molecule has 2 N–H and O–H groups in total. The highest BCUT2D eigenvalue weighted by molar-refractivity contribution is 14.0. The number of benzene rings is 2. The van der Waals surface area contributed by atoms with E-state index in [4.69, 9.17) is 26.1 Å². The maximum Gasteiger partial charge on any atom is 0.191 e. The third-order valence-corrected chi connectivity index (χ3v) is 5.27. The third kappa shape index (κ3) is 9.76. The first-order chi connectivity index (χ1) is 14.7. The highest BCUT2D eigenvalue weighted by atomic mass is 127. The van der Waals surface area contributed by atoms with Gasteiger partial charge in [-0.3, -0.25) is 0 Å². The number of hydrogen-bond acceptors (Lipinski definition) is 3. The summed E-state index contributed by atoms with van der Waals surface area (Å²) in [6.45, 7) is 6.60. The van der Waals surface area contributed by atoms with Crippen LogP contribution >= 0.6 is 35.6 Å². The predicted octanol–water partition coefficient (Wildman–Crippen LogP) is 4.95. The quantitative estimate of drug-likeness (QED) is 0.260. The number of nitrogens with one attached hydrogen (secondary N) is 2. The van der Waals surface area contributed by atoms with Crippen LogP contribution in [0.1, 0.15) is 36.5 Å². The normalized spacial score (nSPS) is 14.7. The number of halogens is 2. The Bertz CT molecular complexity index is 796. The third-order valence-electron chi connectivity index (χ3n) is 5.04. The van der Waals surface area contributed by atoms with Crippen molar-refractivity contribution in [1.29, 1.82) is 0 Å². The number of ether oxygens (including phenoxy) is 2. The average molecular weight is 558 g/mol. The van der Waals surface area contributed by atoms with Crippen molar-refractivity contribution >= 4 is 41.5 Å². The molecule has 0 aromatic heterocycles. The van der Waals surface area contributed by atoms with E-state index in [1.165, 1.54) is 16.7 Å². The van der Waals surface area contributed by atoms with E-state index in [0.717, 1.165) is 56.5 Å². The van der Waals surface area contributed by atoms with Crippen LogP contribution in [0.4, 0.5) is 0 Å². The standard InChI is InChI=1S/C24H32ClN3O2.HI/c1-2-26-24(27-13-10-19-4-3-5-22(25)16-19)28-17-20-6-8-21(9-7-20)18-30-23-11-14-29-15-12-23;/h3-9,16,23H,2,10-15,17-18H2,1H3,(H2,26,27,28);1H. The van der Waals surface area contributed by atoms with E-state index in [-0.39, 0.29) is 24.0 Å². The molecule has 1 saturated heterocycles. The molecule has 2 aromatic carbocycles. The molecule has 2 aromatic rings. The van der Waals surface area contributed by atoms with Gasteiger partial charge in [-0.25, -0.2) is 4.99 Å². The summed E-state index contributed by atoms with van der Waals surface area (Å²) in [6, 6.07) is 16.5. The number of hydrogen-bond donors (Lipinski definition) is 2. The van der Waals surface area contributed by atoms with E-state index >= 15 is 0 Å². The molecule has 0 atom stereocenters. The largest absolute Gasteiger partial charge is 0.381 e. The maximum atomic E-state index is 6.05. The molecule has 1 aliphatic rings. The number of nitrogens with zero attached hydrogens (tertiary/aromatic N) is 1. The summed E-state index contributed by atoms with van der Waals surface area (Å²) in [6.07, 6.45) is 3.20. The van der Waals surface area contributed by atoms with Crippen molar-refractivity contribution in [1.82, 2.24) is 10.6 Å². The van der Waals surface area contributed by atoms with Crippen LogP contribution in [0, 0.1) is 0 Å². The van der Waals surface area contributed by atoms with Crippen molar-refractivity contribution in [3.05, 3.63) is 70.2 Å². The molecule has 0 radical (unpaired) electrons. The molecule has 0 saturated carbocycles. The fraction of sp³-hybridized carbons (Fsp3) is 0.458. The minimum absolute atomic E-state index is 0. The minimum Gasteiger partial charge on any atom is -0.381 e. The van der Waals surface area contributed by atoms with Gasteiger partial charge in [-0.15, -0.1) is 24.0 Å². The SMILES string of the molecule is CCNC(=NCc1ccc(COC2CCOCC2)cc1)NCCc1cccc(Cl)c1.I. The van der Waals surface area contributed by atoms with Crippen molar-refractivity contribution in [2.75, 3.05) is 26.3 Å². The summed E-state index contributed by atoms with van der Waals surface area (Å²) in [5.41, 5.74) is 3.59. The summed E-state index contributed by atoms with van der Waals surface area (Å²) < 4.78 is 11.4. The van der Waals surface area contributed by atoms with Crippen molar-refractivity contribution in [3.63, 3.8) is 0 Å². The van der Waals surface area contributed by atoms with Gasteiger partial charge < -0.3 is 20.1 Å². The molecule has 0 spiro atoms. The topological polar surface area (TPSA) is 54.9 Å². The second-order valence-corrected chi connectivity index (χ2v) is 7.88. The molecule has 0 unspecified atom stereocenters. The summed E-state index contributed by atoms with van der Waals surface area (Å²) in [5, 5.41) is 7.47. The monoisotopic (exact) mass is 557 g/mol. The van der Waals surface area contributed by atoms with Gasteiger partial charge in [0, 0.05) is 31.3 Å². The van der Waals surface area contributed by atoms with Gasteiger partial charge in [-0.1, -0.05) is 48.0 Å². The Morgan fingerprint density at radius 1 is 1.06 bits per heavy atom. The first-order valence-electron chi connectivity index (χ1n) is 10.8. The zero-order valence-corrected chi connectivity index (χ0v) is 21.2. The Kier molecular flexibility index (Phi) is 12.3. The lowest BCUT2D eigenvalue weighted by molar-refractivity contribution is -0.0390. The van der Waals surface area contributed by atoms with Gasteiger partial charge in [0.2, 0.25) is 0 Å². The van der Waals surface area contributed by atoms with Crippen molar-refractivity contribution < 1.29 is 9.47 Å². The molecule has 0 amide bonds. The fourth-order valence-corrected chi connectivity index (χ4v) is 3.54. The van der Waals surface area contributed by atoms with Gasteiger partial charge in [-0.2, -0.15) is 0 Å². The van der Waals surface area contributed by atoms with E-state index in [2.05, 4.69) is 47.9 Å². The molecule has 0 aliphatic carbocycles. The lowest BCUT2D eigenvalue weighted by Crippen LogP contribution is -2.38. The lowest BCUT2D eigenvalue weighted by Gasteiger charge is -2.22. The number of aliphatic imine (C=N–C) groups is 1. The van der Waals surface area contributed by atoms with Gasteiger partial charge in [0.05, 0.1) is 19.3 Å². The van der Waals surface area contributed by atoms with Gasteiger partial charge in [0.25, 0.3) is 0 Å². The smallest absolute Gasteiger partial charge is 0.191 e. The second-order valence-electron chi connectivity index (χ2n) is 7.44. The van der Waals surface area contributed by atoms with E-state index in [9.17, 15) is 0 Å². The molecule has 3 rings (SSSR count). The Balaban J connectivity index is 0.00000341. The van der Waals surface area contributed by atoms with Crippen LogP contribution in [0.3, 0.4) is 0 Å². The average Bonchev–Trinajstić information content (AvgIpc) is 2.77. The Morgan fingerprint density at radius 2 is 1.81 bits per heavy atom. The Morgan fingerprint density at radius 3 is 2.52 bits per heavy atom. The van der Waals surface area contributed by atoms with Gasteiger partial charge in [0.1, 0.15) is 0 Å². The van der Waals surface area contributed by atoms with Crippen LogP contribution in [0.25, 0.3) is 0 Å². The molecule has 5 nitrogen and oxygen atoms in total.